The topological polar surface area (TPSA) is 51.2 Å². The molecule has 0 radical (unpaired) electrons. The van der Waals surface area contributed by atoms with Gasteiger partial charge < -0.3 is 10.1 Å². The van der Waals surface area contributed by atoms with E-state index in [1.54, 1.807) is 19.5 Å². The molecular formula is C18H15BrN2O2. The van der Waals surface area contributed by atoms with Crippen LogP contribution < -0.4 is 10.1 Å². The van der Waals surface area contributed by atoms with E-state index in [0.29, 0.717) is 17.9 Å². The molecule has 116 valence electrons. The molecule has 0 unspecified atom stereocenters. The maximum atomic E-state index is 12.6. The predicted molar refractivity (Wildman–Crippen MR) is 93.6 cm³/mol. The van der Waals surface area contributed by atoms with Crippen molar-refractivity contribution in [1.29, 1.82) is 0 Å². The summed E-state index contributed by atoms with van der Waals surface area (Å²) in [6, 6.07) is 13.5. The summed E-state index contributed by atoms with van der Waals surface area (Å²) in [7, 11) is 1.56. The largest absolute Gasteiger partial charge is 0.495 e. The molecule has 23 heavy (non-hydrogen) atoms. The van der Waals surface area contributed by atoms with Gasteiger partial charge in [0.25, 0.3) is 5.91 Å². The van der Waals surface area contributed by atoms with Gasteiger partial charge in [0.05, 0.1) is 17.1 Å². The van der Waals surface area contributed by atoms with Crippen LogP contribution in [-0.4, -0.2) is 18.0 Å². The van der Waals surface area contributed by atoms with Crippen molar-refractivity contribution in [1.82, 2.24) is 10.3 Å². The fraction of sp³-hybridized carbons (Fsp3) is 0.111. The Bertz CT molecular complexity index is 850. The number of pyridine rings is 1. The maximum absolute atomic E-state index is 12.6. The molecule has 0 saturated heterocycles. The molecule has 0 atom stereocenters. The number of nitrogens with zero attached hydrogens (tertiary/aromatic N) is 1. The zero-order valence-electron chi connectivity index (χ0n) is 12.5. The lowest BCUT2D eigenvalue weighted by Crippen LogP contribution is -2.23. The predicted octanol–water partition coefficient (Wildman–Crippen LogP) is 3.94. The number of fused-ring (bicyclic) bond motifs is 1. The van der Waals surface area contributed by atoms with Crippen LogP contribution in [0.2, 0.25) is 0 Å². The fourth-order valence-electron chi connectivity index (χ4n) is 2.43. The molecule has 0 saturated carbocycles. The SMILES string of the molecule is COc1c(C(=O)NCc2cccnc2)cc2ccccc2c1Br. The molecule has 1 heterocycles. The first-order chi connectivity index (χ1) is 11.2. The molecular weight excluding hydrogens is 356 g/mol. The van der Waals surface area contributed by atoms with Crippen LogP contribution in [0.15, 0.2) is 59.3 Å². The first kappa shape index (κ1) is 15.5. The minimum Gasteiger partial charge on any atom is -0.495 e. The Morgan fingerprint density at radius 3 is 2.83 bits per heavy atom. The van der Waals surface area contributed by atoms with Crippen molar-refractivity contribution in [3.05, 3.63) is 70.5 Å². The molecule has 1 amide bonds. The average molecular weight is 371 g/mol. The van der Waals surface area contributed by atoms with Crippen LogP contribution in [-0.2, 0) is 6.54 Å². The van der Waals surface area contributed by atoms with Crippen molar-refractivity contribution in [2.24, 2.45) is 0 Å². The number of methoxy groups -OCH3 is 1. The van der Waals surface area contributed by atoms with Gasteiger partial charge in [-0.25, -0.2) is 0 Å². The van der Waals surface area contributed by atoms with Crippen LogP contribution in [0.1, 0.15) is 15.9 Å². The molecule has 0 bridgehead atoms. The van der Waals surface area contributed by atoms with E-state index in [4.69, 9.17) is 4.74 Å². The zero-order valence-corrected chi connectivity index (χ0v) is 14.1. The third-order valence-electron chi connectivity index (χ3n) is 3.57. The Labute approximate surface area is 142 Å². The molecule has 4 nitrogen and oxygen atoms in total. The standard InChI is InChI=1S/C18H15BrN2O2/c1-23-17-15(9-13-6-2-3-7-14(13)16(17)19)18(22)21-11-12-5-4-8-20-10-12/h2-10H,11H2,1H3,(H,21,22). The van der Waals surface area contributed by atoms with Gasteiger partial charge in [-0.3, -0.25) is 9.78 Å². The second kappa shape index (κ2) is 6.79. The second-order valence-electron chi connectivity index (χ2n) is 5.04. The molecule has 0 aliphatic carbocycles. The number of halogens is 1. The summed E-state index contributed by atoms with van der Waals surface area (Å²) in [6.07, 6.45) is 3.43. The molecule has 1 aromatic heterocycles. The molecule has 0 fully saturated rings. The lowest BCUT2D eigenvalue weighted by Gasteiger charge is -2.13. The normalized spacial score (nSPS) is 10.5. The van der Waals surface area contributed by atoms with Gasteiger partial charge in [0.2, 0.25) is 0 Å². The molecule has 5 heteroatoms. The Morgan fingerprint density at radius 2 is 2.09 bits per heavy atom. The van der Waals surface area contributed by atoms with Crippen LogP contribution >= 0.6 is 15.9 Å². The van der Waals surface area contributed by atoms with Gasteiger partial charge in [-0.05, 0) is 44.4 Å². The lowest BCUT2D eigenvalue weighted by atomic mass is 10.1. The molecule has 0 aliphatic rings. The molecule has 3 aromatic rings. The van der Waals surface area contributed by atoms with Gasteiger partial charge in [-0.15, -0.1) is 0 Å². The van der Waals surface area contributed by atoms with E-state index in [0.717, 1.165) is 20.8 Å². The second-order valence-corrected chi connectivity index (χ2v) is 5.83. The van der Waals surface area contributed by atoms with Gasteiger partial charge in [0.15, 0.2) is 0 Å². The highest BCUT2D eigenvalue weighted by atomic mass is 79.9. The van der Waals surface area contributed by atoms with Crippen LogP contribution in [0.4, 0.5) is 0 Å². The van der Waals surface area contributed by atoms with Gasteiger partial charge in [0, 0.05) is 18.9 Å². The van der Waals surface area contributed by atoms with E-state index >= 15 is 0 Å². The van der Waals surface area contributed by atoms with Crippen molar-refractivity contribution in [2.45, 2.75) is 6.54 Å². The minimum atomic E-state index is -0.183. The van der Waals surface area contributed by atoms with E-state index in [-0.39, 0.29) is 5.91 Å². The number of amides is 1. The summed E-state index contributed by atoms with van der Waals surface area (Å²) in [5, 5.41) is 4.89. The number of hydrogen-bond donors (Lipinski definition) is 1. The minimum absolute atomic E-state index is 0.183. The fourth-order valence-corrected chi connectivity index (χ4v) is 3.17. The third-order valence-corrected chi connectivity index (χ3v) is 4.35. The molecule has 0 spiro atoms. The van der Waals surface area contributed by atoms with E-state index in [9.17, 15) is 4.79 Å². The van der Waals surface area contributed by atoms with Crippen LogP contribution in [0, 0.1) is 0 Å². The first-order valence-electron chi connectivity index (χ1n) is 7.13. The monoisotopic (exact) mass is 370 g/mol. The summed E-state index contributed by atoms with van der Waals surface area (Å²) in [4.78, 5) is 16.6. The molecule has 2 aromatic carbocycles. The Balaban J connectivity index is 1.93. The highest BCUT2D eigenvalue weighted by Gasteiger charge is 2.17. The number of carbonyl (C=O) groups is 1. The summed E-state index contributed by atoms with van der Waals surface area (Å²) in [5.41, 5.74) is 1.45. The summed E-state index contributed by atoms with van der Waals surface area (Å²) >= 11 is 3.54. The van der Waals surface area contributed by atoms with Crippen LogP contribution in [0.3, 0.4) is 0 Å². The van der Waals surface area contributed by atoms with Gasteiger partial charge in [-0.2, -0.15) is 0 Å². The Hall–Kier alpha value is -2.40. The van der Waals surface area contributed by atoms with Crippen molar-refractivity contribution in [2.75, 3.05) is 7.11 Å². The van der Waals surface area contributed by atoms with E-state index in [2.05, 4.69) is 26.2 Å². The number of nitrogens with one attached hydrogen (secondary N) is 1. The van der Waals surface area contributed by atoms with Crippen molar-refractivity contribution in [3.8, 4) is 5.75 Å². The van der Waals surface area contributed by atoms with E-state index in [1.807, 2.05) is 42.5 Å². The smallest absolute Gasteiger partial charge is 0.255 e. The van der Waals surface area contributed by atoms with E-state index in [1.165, 1.54) is 0 Å². The van der Waals surface area contributed by atoms with Gasteiger partial charge in [-0.1, -0.05) is 30.3 Å². The van der Waals surface area contributed by atoms with Crippen molar-refractivity contribution >= 4 is 32.6 Å². The van der Waals surface area contributed by atoms with Crippen molar-refractivity contribution in [3.63, 3.8) is 0 Å². The first-order valence-corrected chi connectivity index (χ1v) is 7.92. The molecule has 1 N–H and O–H groups in total. The maximum Gasteiger partial charge on any atom is 0.255 e. The number of rotatable bonds is 4. The Morgan fingerprint density at radius 1 is 1.26 bits per heavy atom. The number of benzene rings is 2. The highest BCUT2D eigenvalue weighted by Crippen LogP contribution is 2.36. The van der Waals surface area contributed by atoms with E-state index < -0.39 is 0 Å². The summed E-state index contributed by atoms with van der Waals surface area (Å²) in [5.74, 6) is 0.351. The molecule has 3 rings (SSSR count). The summed E-state index contributed by atoms with van der Waals surface area (Å²) < 4.78 is 6.22. The lowest BCUT2D eigenvalue weighted by molar-refractivity contribution is 0.0948. The summed E-state index contributed by atoms with van der Waals surface area (Å²) in [6.45, 7) is 0.417. The Kier molecular flexibility index (Phi) is 4.57. The average Bonchev–Trinajstić information content (AvgIpc) is 2.60. The molecule has 0 aliphatic heterocycles. The van der Waals surface area contributed by atoms with Crippen LogP contribution in [0.25, 0.3) is 10.8 Å². The number of carbonyl (C=O) groups excluding carboxylic acids is 1. The van der Waals surface area contributed by atoms with Crippen molar-refractivity contribution < 1.29 is 9.53 Å². The number of hydrogen-bond acceptors (Lipinski definition) is 3. The quantitative estimate of drug-likeness (QED) is 0.756. The van der Waals surface area contributed by atoms with Crippen LogP contribution in [0.5, 0.6) is 5.75 Å². The number of aromatic nitrogens is 1. The zero-order chi connectivity index (χ0) is 16.2. The highest BCUT2D eigenvalue weighted by molar-refractivity contribution is 9.10. The van der Waals surface area contributed by atoms with Gasteiger partial charge >= 0.3 is 0 Å². The number of ether oxygens (including phenoxy) is 1. The van der Waals surface area contributed by atoms with Gasteiger partial charge in [0.1, 0.15) is 5.75 Å². The third kappa shape index (κ3) is 3.19.